The first-order valence-corrected chi connectivity index (χ1v) is 8.46. The number of aliphatic hydroxyl groups is 1. The minimum absolute atomic E-state index is 0.510. The largest absolute Gasteiger partial charge is 0.480 e. The number of aliphatic hydroxyl groups excluding tert-OH is 1. The number of benzene rings is 3. The molecule has 26 heavy (non-hydrogen) atoms. The van der Waals surface area contributed by atoms with Gasteiger partial charge in [0.25, 0.3) is 0 Å². The van der Waals surface area contributed by atoms with Gasteiger partial charge in [-0.25, -0.2) is 0 Å². The van der Waals surface area contributed by atoms with E-state index in [0.717, 1.165) is 16.7 Å². The molecule has 0 aliphatic heterocycles. The van der Waals surface area contributed by atoms with Crippen LogP contribution in [0.25, 0.3) is 0 Å². The third kappa shape index (κ3) is 3.38. The maximum absolute atomic E-state index is 11.7. The minimum Gasteiger partial charge on any atom is -0.480 e. The van der Waals surface area contributed by atoms with Gasteiger partial charge in [0, 0.05) is 0 Å². The molecule has 0 spiro atoms. The van der Waals surface area contributed by atoms with Gasteiger partial charge in [-0.05, 0) is 16.7 Å². The molecule has 0 aliphatic rings. The van der Waals surface area contributed by atoms with E-state index >= 15 is 0 Å². The lowest BCUT2D eigenvalue weighted by atomic mass is 9.76. The third-order valence-electron chi connectivity index (χ3n) is 4.49. The van der Waals surface area contributed by atoms with E-state index in [4.69, 9.17) is 0 Å². The maximum atomic E-state index is 11.7. The summed E-state index contributed by atoms with van der Waals surface area (Å²) in [5.74, 6) is -1.10. The second-order valence-corrected chi connectivity index (χ2v) is 6.07. The second kappa shape index (κ2) is 7.95. The summed E-state index contributed by atoms with van der Waals surface area (Å²) in [5, 5.41) is 22.4. The molecule has 0 radical (unpaired) electrons. The summed E-state index contributed by atoms with van der Waals surface area (Å²) >= 11 is 0. The van der Waals surface area contributed by atoms with E-state index in [2.05, 4.69) is 5.32 Å². The zero-order valence-corrected chi connectivity index (χ0v) is 14.2. The number of hydrogen-bond acceptors (Lipinski definition) is 3. The normalized spacial score (nSPS) is 12.5. The van der Waals surface area contributed by atoms with Crippen molar-refractivity contribution >= 4 is 5.97 Å². The Morgan fingerprint density at radius 3 is 1.38 bits per heavy atom. The van der Waals surface area contributed by atoms with Crippen LogP contribution < -0.4 is 5.32 Å². The fraction of sp³-hybridized carbons (Fsp3) is 0.136. The molecule has 1 atom stereocenters. The van der Waals surface area contributed by atoms with Gasteiger partial charge in [0.1, 0.15) is 6.04 Å². The average molecular weight is 347 g/mol. The molecule has 0 saturated heterocycles. The van der Waals surface area contributed by atoms with Crippen molar-refractivity contribution in [2.24, 2.45) is 0 Å². The van der Waals surface area contributed by atoms with E-state index in [1.165, 1.54) is 0 Å². The fourth-order valence-corrected chi connectivity index (χ4v) is 3.26. The van der Waals surface area contributed by atoms with Gasteiger partial charge < -0.3 is 10.2 Å². The first-order chi connectivity index (χ1) is 12.7. The van der Waals surface area contributed by atoms with Crippen LogP contribution >= 0.6 is 0 Å². The molecule has 4 heteroatoms. The number of rotatable bonds is 7. The molecule has 4 nitrogen and oxygen atoms in total. The molecule has 0 fully saturated rings. The highest BCUT2D eigenvalue weighted by molar-refractivity contribution is 5.74. The Bertz CT molecular complexity index is 738. The number of carboxylic acids is 1. The molecule has 1 unspecified atom stereocenters. The van der Waals surface area contributed by atoms with Crippen LogP contribution in [0.15, 0.2) is 91.0 Å². The Morgan fingerprint density at radius 1 is 0.769 bits per heavy atom. The summed E-state index contributed by atoms with van der Waals surface area (Å²) < 4.78 is 0. The Labute approximate surface area is 152 Å². The molecule has 0 heterocycles. The van der Waals surface area contributed by atoms with E-state index in [-0.39, 0.29) is 0 Å². The van der Waals surface area contributed by atoms with Crippen LogP contribution in [-0.4, -0.2) is 28.8 Å². The molecule has 0 aromatic heterocycles. The molecule has 0 aliphatic carbocycles. The van der Waals surface area contributed by atoms with E-state index < -0.39 is 24.2 Å². The Kier molecular flexibility index (Phi) is 5.46. The quantitative estimate of drug-likeness (QED) is 0.575. The van der Waals surface area contributed by atoms with E-state index in [9.17, 15) is 15.0 Å². The lowest BCUT2D eigenvalue weighted by Gasteiger charge is -2.38. The van der Waals surface area contributed by atoms with Gasteiger partial charge in [-0.2, -0.15) is 0 Å². The Morgan fingerprint density at radius 2 is 1.12 bits per heavy atom. The number of aliphatic carboxylic acids is 1. The molecule has 0 amide bonds. The first kappa shape index (κ1) is 17.9. The van der Waals surface area contributed by atoms with Gasteiger partial charge >= 0.3 is 5.97 Å². The topological polar surface area (TPSA) is 69.6 Å². The van der Waals surface area contributed by atoms with Crippen LogP contribution in [0.1, 0.15) is 16.7 Å². The van der Waals surface area contributed by atoms with Crippen molar-refractivity contribution in [3.05, 3.63) is 108 Å². The van der Waals surface area contributed by atoms with Gasteiger partial charge in [-0.3, -0.25) is 10.1 Å². The summed E-state index contributed by atoms with van der Waals surface area (Å²) in [4.78, 5) is 11.7. The van der Waals surface area contributed by atoms with E-state index in [1.807, 2.05) is 91.0 Å². The number of hydrogen-bond donors (Lipinski definition) is 3. The summed E-state index contributed by atoms with van der Waals surface area (Å²) in [6, 6.07) is 28.0. The Hall–Kier alpha value is -2.95. The predicted octanol–water partition coefficient (Wildman–Crippen LogP) is 3.01. The van der Waals surface area contributed by atoms with Crippen molar-refractivity contribution in [2.75, 3.05) is 6.61 Å². The van der Waals surface area contributed by atoms with Gasteiger partial charge in [0.15, 0.2) is 0 Å². The summed E-state index contributed by atoms with van der Waals surface area (Å²) in [7, 11) is 0. The molecule has 3 N–H and O–H groups in total. The lowest BCUT2D eigenvalue weighted by molar-refractivity contribution is -0.141. The maximum Gasteiger partial charge on any atom is 0.323 e. The van der Waals surface area contributed by atoms with Gasteiger partial charge in [0.05, 0.1) is 12.1 Å². The molecule has 0 saturated carbocycles. The molecular weight excluding hydrogens is 326 g/mol. The minimum atomic E-state index is -1.12. The van der Waals surface area contributed by atoms with Crippen molar-refractivity contribution in [1.29, 1.82) is 0 Å². The predicted molar refractivity (Wildman–Crippen MR) is 101 cm³/mol. The van der Waals surface area contributed by atoms with Crippen molar-refractivity contribution in [1.82, 2.24) is 5.32 Å². The van der Waals surface area contributed by atoms with Crippen LogP contribution in [0.3, 0.4) is 0 Å². The highest BCUT2D eigenvalue weighted by Crippen LogP contribution is 2.37. The van der Waals surface area contributed by atoms with Crippen LogP contribution in [0.4, 0.5) is 0 Å². The third-order valence-corrected chi connectivity index (χ3v) is 4.49. The zero-order chi connectivity index (χ0) is 18.4. The van der Waals surface area contributed by atoms with Crippen LogP contribution in [0.2, 0.25) is 0 Å². The summed E-state index contributed by atoms with van der Waals surface area (Å²) in [5.41, 5.74) is 1.79. The SMILES string of the molecule is O=C(O)C(CO)NC(c1ccccc1)(c1ccccc1)c1ccccc1. The van der Waals surface area contributed by atoms with Crippen molar-refractivity contribution in [3.63, 3.8) is 0 Å². The standard InChI is InChI=1S/C22H21NO3/c24-16-20(21(25)26)23-22(17-10-4-1-5-11-17,18-12-6-2-7-13-18)19-14-8-3-9-15-19/h1-15,20,23-24H,16H2,(H,25,26). The van der Waals surface area contributed by atoms with E-state index in [0.29, 0.717) is 0 Å². The van der Waals surface area contributed by atoms with Gasteiger partial charge in [0.2, 0.25) is 0 Å². The molecule has 3 rings (SSSR count). The van der Waals surface area contributed by atoms with Crippen LogP contribution in [-0.2, 0) is 10.3 Å². The van der Waals surface area contributed by atoms with E-state index in [1.54, 1.807) is 0 Å². The van der Waals surface area contributed by atoms with Gasteiger partial charge in [-0.15, -0.1) is 0 Å². The first-order valence-electron chi connectivity index (χ1n) is 8.46. The molecule has 3 aromatic rings. The average Bonchev–Trinajstić information content (AvgIpc) is 2.71. The smallest absolute Gasteiger partial charge is 0.323 e. The van der Waals surface area contributed by atoms with Gasteiger partial charge in [-0.1, -0.05) is 91.0 Å². The highest BCUT2D eigenvalue weighted by Gasteiger charge is 2.39. The fourth-order valence-electron chi connectivity index (χ4n) is 3.26. The lowest BCUT2D eigenvalue weighted by Crippen LogP contribution is -2.54. The number of nitrogens with one attached hydrogen (secondary N) is 1. The molecule has 3 aromatic carbocycles. The highest BCUT2D eigenvalue weighted by atomic mass is 16.4. The zero-order valence-electron chi connectivity index (χ0n) is 14.2. The monoisotopic (exact) mass is 347 g/mol. The summed E-state index contributed by atoms with van der Waals surface area (Å²) in [6.45, 7) is -0.510. The number of carboxylic acid groups (broad SMARTS) is 1. The van der Waals surface area contributed by atoms with Crippen LogP contribution in [0.5, 0.6) is 0 Å². The van der Waals surface area contributed by atoms with Crippen molar-refractivity contribution in [2.45, 2.75) is 11.6 Å². The van der Waals surface area contributed by atoms with Crippen molar-refractivity contribution < 1.29 is 15.0 Å². The van der Waals surface area contributed by atoms with Crippen LogP contribution in [0, 0.1) is 0 Å². The second-order valence-electron chi connectivity index (χ2n) is 6.07. The molecule has 132 valence electrons. The Balaban J connectivity index is 2.29. The summed E-state index contributed by atoms with van der Waals surface area (Å²) in [6.07, 6.45) is 0. The molecular formula is C22H21NO3. The van der Waals surface area contributed by atoms with Crippen molar-refractivity contribution in [3.8, 4) is 0 Å². The number of carbonyl (C=O) groups is 1. The molecule has 0 bridgehead atoms.